The maximum atomic E-state index is 12.9. The van der Waals surface area contributed by atoms with Crippen molar-refractivity contribution in [3.8, 4) is 0 Å². The van der Waals surface area contributed by atoms with Gasteiger partial charge in [0.25, 0.3) is 0 Å². The van der Waals surface area contributed by atoms with Crippen molar-refractivity contribution in [2.75, 3.05) is 11.5 Å². The minimum Gasteiger partial charge on any atom is -0.393 e. The van der Waals surface area contributed by atoms with Crippen molar-refractivity contribution in [1.82, 2.24) is 0 Å². The number of rotatable bonds is 2. The van der Waals surface area contributed by atoms with Crippen molar-refractivity contribution in [1.29, 1.82) is 0 Å². The summed E-state index contributed by atoms with van der Waals surface area (Å²) in [5.41, 5.74) is 8.64. The number of hydrogen-bond donors (Lipinski definition) is 2. The largest absolute Gasteiger partial charge is 0.393 e. The molecule has 11 heteroatoms. The molecule has 0 aliphatic carbocycles. The first-order valence-corrected chi connectivity index (χ1v) is 6.52. The van der Waals surface area contributed by atoms with Crippen LogP contribution >= 0.6 is 15.9 Å². The number of anilines is 2. The Balaban J connectivity index is 0.000000231. The highest BCUT2D eigenvalue weighted by Gasteiger charge is 2.20. The van der Waals surface area contributed by atoms with E-state index in [1.807, 2.05) is 0 Å². The molecule has 0 fully saturated rings. The lowest BCUT2D eigenvalue weighted by Gasteiger charge is -1.98. The van der Waals surface area contributed by atoms with Crippen LogP contribution in [0.25, 0.3) is 0 Å². The van der Waals surface area contributed by atoms with Gasteiger partial charge in [0.1, 0.15) is 11.4 Å². The zero-order valence-electron chi connectivity index (χ0n) is 11.2. The van der Waals surface area contributed by atoms with Crippen LogP contribution < -0.4 is 11.5 Å². The summed E-state index contributed by atoms with van der Waals surface area (Å²) in [7, 11) is 0. The molecule has 2 aromatic carbocycles. The zero-order valence-corrected chi connectivity index (χ0v) is 12.8. The molecule has 2 rings (SSSR count). The summed E-state index contributed by atoms with van der Waals surface area (Å²) < 4.78 is 25.6. The van der Waals surface area contributed by atoms with Crippen LogP contribution in [0, 0.1) is 31.9 Å². The summed E-state index contributed by atoms with van der Waals surface area (Å²) in [6, 6.07) is 6.18. The van der Waals surface area contributed by atoms with Gasteiger partial charge >= 0.3 is 11.4 Å². The molecule has 0 heterocycles. The van der Waals surface area contributed by atoms with E-state index in [4.69, 9.17) is 11.5 Å². The topological polar surface area (TPSA) is 138 Å². The predicted molar refractivity (Wildman–Crippen MR) is 82.6 cm³/mol. The average molecular weight is 391 g/mol. The minimum atomic E-state index is -0.944. The summed E-state index contributed by atoms with van der Waals surface area (Å²) in [4.78, 5) is 18.7. The van der Waals surface area contributed by atoms with Crippen LogP contribution in [0.4, 0.5) is 31.5 Å². The molecule has 8 nitrogen and oxygen atoms in total. The Bertz CT molecular complexity index is 753. The Morgan fingerprint density at radius 2 is 1.43 bits per heavy atom. The van der Waals surface area contributed by atoms with Crippen molar-refractivity contribution in [3.63, 3.8) is 0 Å². The summed E-state index contributed by atoms with van der Waals surface area (Å²) in [6.07, 6.45) is 0. The monoisotopic (exact) mass is 390 g/mol. The molecule has 0 aliphatic heterocycles. The zero-order chi connectivity index (χ0) is 17.7. The van der Waals surface area contributed by atoms with Crippen LogP contribution in [-0.2, 0) is 0 Å². The first-order valence-electron chi connectivity index (χ1n) is 5.73. The van der Waals surface area contributed by atoms with E-state index in [-0.39, 0.29) is 15.8 Å². The molecule has 0 radical (unpaired) electrons. The number of nitrogens with two attached hydrogens (primary N) is 2. The lowest BCUT2D eigenvalue weighted by Crippen LogP contribution is -1.98. The molecule has 0 saturated heterocycles. The van der Waals surface area contributed by atoms with Gasteiger partial charge in [-0.1, -0.05) is 6.07 Å². The molecule has 23 heavy (non-hydrogen) atoms. The van der Waals surface area contributed by atoms with E-state index in [0.29, 0.717) is 0 Å². The highest BCUT2D eigenvalue weighted by Crippen LogP contribution is 2.30. The average Bonchev–Trinajstić information content (AvgIpc) is 2.43. The lowest BCUT2D eigenvalue weighted by molar-refractivity contribution is -0.386. The van der Waals surface area contributed by atoms with E-state index in [0.717, 1.165) is 6.07 Å². The fraction of sp³-hybridized carbons (Fsp3) is 0. The van der Waals surface area contributed by atoms with E-state index < -0.39 is 32.9 Å². The normalized spacial score (nSPS) is 9.70. The summed E-state index contributed by atoms with van der Waals surface area (Å²) in [6.45, 7) is 0. The third kappa shape index (κ3) is 4.32. The van der Waals surface area contributed by atoms with Crippen molar-refractivity contribution >= 4 is 38.7 Å². The van der Waals surface area contributed by atoms with Crippen molar-refractivity contribution in [3.05, 3.63) is 66.7 Å². The first kappa shape index (κ1) is 18.2. The van der Waals surface area contributed by atoms with Gasteiger partial charge in [-0.15, -0.1) is 0 Å². The van der Waals surface area contributed by atoms with E-state index in [2.05, 4.69) is 15.9 Å². The number of nitro benzene ring substituents is 2. The van der Waals surface area contributed by atoms with Crippen LogP contribution in [0.1, 0.15) is 0 Å². The summed E-state index contributed by atoms with van der Waals surface area (Å²) in [5, 5.41) is 20.4. The molecule has 122 valence electrons. The molecule has 0 atom stereocenters. The maximum absolute atomic E-state index is 12.9. The van der Waals surface area contributed by atoms with Crippen LogP contribution in [0.3, 0.4) is 0 Å². The SMILES string of the molecule is Nc1ccc(Br)c(F)c1[N+](=O)[O-].Nc1cccc(F)c1[N+](=O)[O-]. The molecule has 0 aromatic heterocycles. The number of para-hydroxylation sites is 1. The van der Waals surface area contributed by atoms with Gasteiger partial charge in [-0.25, -0.2) is 0 Å². The van der Waals surface area contributed by atoms with Gasteiger partial charge in [0.15, 0.2) is 0 Å². The standard InChI is InChI=1S/C6H4BrFN2O2.C6H5FN2O2/c7-3-1-2-4(9)6(5(3)8)10(11)12;7-4-2-1-3-5(8)6(4)9(10)11/h1-2H,9H2;1-3H,8H2. The number of nitro groups is 2. The van der Waals surface area contributed by atoms with Crippen LogP contribution in [-0.4, -0.2) is 9.85 Å². The van der Waals surface area contributed by atoms with Crippen LogP contribution in [0.2, 0.25) is 0 Å². The molecule has 0 spiro atoms. The van der Waals surface area contributed by atoms with Gasteiger partial charge in [0.05, 0.1) is 14.3 Å². The molecular formula is C12H9BrF2N4O4. The number of hydrogen-bond acceptors (Lipinski definition) is 6. The maximum Gasteiger partial charge on any atom is 0.328 e. The fourth-order valence-corrected chi connectivity index (χ4v) is 1.79. The highest BCUT2D eigenvalue weighted by molar-refractivity contribution is 9.10. The smallest absolute Gasteiger partial charge is 0.328 e. The van der Waals surface area contributed by atoms with Crippen LogP contribution in [0.5, 0.6) is 0 Å². The van der Waals surface area contributed by atoms with E-state index in [1.54, 1.807) is 0 Å². The molecule has 4 N–H and O–H groups in total. The van der Waals surface area contributed by atoms with Gasteiger partial charge in [0.2, 0.25) is 11.6 Å². The van der Waals surface area contributed by atoms with E-state index in [9.17, 15) is 29.0 Å². The van der Waals surface area contributed by atoms with Gasteiger partial charge in [-0.05, 0) is 40.2 Å². The fourth-order valence-electron chi connectivity index (χ4n) is 1.47. The Morgan fingerprint density at radius 3 is 1.83 bits per heavy atom. The number of nitrogens with zero attached hydrogens (tertiary/aromatic N) is 2. The highest BCUT2D eigenvalue weighted by atomic mass is 79.9. The molecule has 0 saturated carbocycles. The van der Waals surface area contributed by atoms with Gasteiger partial charge in [0, 0.05) is 0 Å². The quantitative estimate of drug-likeness (QED) is 0.457. The Kier molecular flexibility index (Phi) is 5.90. The number of benzene rings is 2. The van der Waals surface area contributed by atoms with E-state index >= 15 is 0 Å². The Morgan fingerprint density at radius 1 is 0.913 bits per heavy atom. The third-order valence-electron chi connectivity index (χ3n) is 2.48. The predicted octanol–water partition coefficient (Wildman–Crippen LogP) is 3.39. The minimum absolute atomic E-state index is 0.0309. The second kappa shape index (κ2) is 7.45. The molecule has 0 amide bonds. The molecule has 2 aromatic rings. The van der Waals surface area contributed by atoms with Crippen molar-refractivity contribution in [2.45, 2.75) is 0 Å². The second-order valence-electron chi connectivity index (χ2n) is 3.99. The van der Waals surface area contributed by atoms with Gasteiger partial charge in [-0.2, -0.15) is 8.78 Å². The van der Waals surface area contributed by atoms with Crippen molar-refractivity contribution in [2.24, 2.45) is 0 Å². The first-order chi connectivity index (χ1) is 10.7. The Hall–Kier alpha value is -2.82. The molecule has 0 bridgehead atoms. The summed E-state index contributed by atoms with van der Waals surface area (Å²) in [5.74, 6) is -1.85. The van der Waals surface area contributed by atoms with Gasteiger partial charge < -0.3 is 11.5 Å². The molecule has 0 aliphatic rings. The van der Waals surface area contributed by atoms with Crippen molar-refractivity contribution < 1.29 is 18.6 Å². The second-order valence-corrected chi connectivity index (χ2v) is 4.85. The lowest BCUT2D eigenvalue weighted by atomic mass is 10.2. The van der Waals surface area contributed by atoms with Gasteiger partial charge in [-0.3, -0.25) is 20.2 Å². The van der Waals surface area contributed by atoms with E-state index in [1.165, 1.54) is 24.3 Å². The molecular weight excluding hydrogens is 382 g/mol. The Labute approximate surface area is 136 Å². The number of halogens is 3. The van der Waals surface area contributed by atoms with Crippen LogP contribution in [0.15, 0.2) is 34.8 Å². The number of nitrogen functional groups attached to an aromatic ring is 2. The summed E-state index contributed by atoms with van der Waals surface area (Å²) >= 11 is 2.81. The third-order valence-corrected chi connectivity index (χ3v) is 3.10. The molecule has 0 unspecified atom stereocenters.